The molecule has 68 valence electrons. The lowest BCUT2D eigenvalue weighted by Gasteiger charge is -2.09. The Labute approximate surface area is 69.2 Å². The molecule has 0 aliphatic rings. The molecule has 0 amide bonds. The van der Waals surface area contributed by atoms with E-state index in [9.17, 15) is 0 Å². The minimum Gasteiger partial charge on any atom is -0.396 e. The lowest BCUT2D eigenvalue weighted by atomic mass is 10.00. The van der Waals surface area contributed by atoms with Crippen molar-refractivity contribution < 1.29 is 10.2 Å². The van der Waals surface area contributed by atoms with Crippen molar-refractivity contribution in [3.05, 3.63) is 0 Å². The highest BCUT2D eigenvalue weighted by atomic mass is 16.3. The third-order valence-electron chi connectivity index (χ3n) is 1.94. The number of hydrogen-bond acceptors (Lipinski definition) is 2. The first-order chi connectivity index (χ1) is 5.16. The number of rotatable bonds is 6. The van der Waals surface area contributed by atoms with Crippen molar-refractivity contribution in [2.45, 2.75) is 45.6 Å². The summed E-state index contributed by atoms with van der Waals surface area (Å²) in [6, 6.07) is 0. The van der Waals surface area contributed by atoms with E-state index >= 15 is 0 Å². The van der Waals surface area contributed by atoms with Gasteiger partial charge >= 0.3 is 0 Å². The van der Waals surface area contributed by atoms with Crippen LogP contribution >= 0.6 is 0 Å². The molecule has 0 fully saturated rings. The Morgan fingerprint density at radius 1 is 1.09 bits per heavy atom. The predicted octanol–water partition coefficient (Wildman–Crippen LogP) is 1.56. The average molecular weight is 160 g/mol. The summed E-state index contributed by atoms with van der Waals surface area (Å²) in [5.74, 6) is 0.596. The van der Waals surface area contributed by atoms with Gasteiger partial charge in [0.05, 0.1) is 6.10 Å². The highest BCUT2D eigenvalue weighted by molar-refractivity contribution is 4.54. The molecule has 11 heavy (non-hydrogen) atoms. The predicted molar refractivity (Wildman–Crippen MR) is 46.4 cm³/mol. The molecular formula is C9H20O2. The van der Waals surface area contributed by atoms with E-state index in [0.29, 0.717) is 5.92 Å². The molecule has 0 radical (unpaired) electrons. The van der Waals surface area contributed by atoms with Crippen LogP contribution in [0.3, 0.4) is 0 Å². The summed E-state index contributed by atoms with van der Waals surface area (Å²) in [5, 5.41) is 17.5. The lowest BCUT2D eigenvalue weighted by molar-refractivity contribution is 0.176. The van der Waals surface area contributed by atoms with Gasteiger partial charge in [-0.05, 0) is 25.7 Å². The van der Waals surface area contributed by atoms with Gasteiger partial charge in [-0.3, -0.25) is 0 Å². The van der Waals surface area contributed by atoms with Crippen LogP contribution in [0.4, 0.5) is 0 Å². The fourth-order valence-electron chi connectivity index (χ4n) is 1.13. The highest BCUT2D eigenvalue weighted by Gasteiger charge is 2.01. The van der Waals surface area contributed by atoms with Crippen molar-refractivity contribution in [1.82, 2.24) is 0 Å². The van der Waals surface area contributed by atoms with Gasteiger partial charge in [-0.1, -0.05) is 19.8 Å². The standard InChI is InChI=1S/C9H20O2/c1-8(6-7-10)4-3-5-9(2)11/h8-11H,3-7H2,1-2H3. The van der Waals surface area contributed by atoms with Gasteiger partial charge < -0.3 is 10.2 Å². The van der Waals surface area contributed by atoms with Crippen molar-refractivity contribution in [2.24, 2.45) is 5.92 Å². The molecule has 0 saturated heterocycles. The zero-order valence-electron chi connectivity index (χ0n) is 7.58. The van der Waals surface area contributed by atoms with E-state index in [2.05, 4.69) is 6.92 Å². The molecule has 0 aliphatic carbocycles. The van der Waals surface area contributed by atoms with E-state index in [1.165, 1.54) is 0 Å². The van der Waals surface area contributed by atoms with Crippen LogP contribution in [0.1, 0.15) is 39.5 Å². The molecule has 0 aliphatic heterocycles. The van der Waals surface area contributed by atoms with Crippen LogP contribution in [0, 0.1) is 5.92 Å². The highest BCUT2D eigenvalue weighted by Crippen LogP contribution is 2.12. The Balaban J connectivity index is 3.10. The summed E-state index contributed by atoms with van der Waals surface area (Å²) in [6.07, 6.45) is 3.79. The third kappa shape index (κ3) is 7.82. The first-order valence-corrected chi connectivity index (χ1v) is 4.45. The topological polar surface area (TPSA) is 40.5 Å². The number of hydrogen-bond donors (Lipinski definition) is 2. The Morgan fingerprint density at radius 2 is 1.73 bits per heavy atom. The maximum absolute atomic E-state index is 8.95. The second-order valence-corrected chi connectivity index (χ2v) is 3.40. The lowest BCUT2D eigenvalue weighted by Crippen LogP contribution is -2.02. The molecule has 0 aromatic carbocycles. The molecule has 2 N–H and O–H groups in total. The Morgan fingerprint density at radius 3 is 2.18 bits per heavy atom. The van der Waals surface area contributed by atoms with E-state index in [0.717, 1.165) is 25.7 Å². The van der Waals surface area contributed by atoms with Crippen LogP contribution in [0.5, 0.6) is 0 Å². The molecule has 2 unspecified atom stereocenters. The van der Waals surface area contributed by atoms with Gasteiger partial charge in [-0.2, -0.15) is 0 Å². The molecule has 2 nitrogen and oxygen atoms in total. The van der Waals surface area contributed by atoms with Gasteiger partial charge in [0.15, 0.2) is 0 Å². The SMILES string of the molecule is CC(O)CCCC(C)CCO. The fourth-order valence-corrected chi connectivity index (χ4v) is 1.13. The maximum Gasteiger partial charge on any atom is 0.0512 e. The molecule has 0 aromatic rings. The fraction of sp³-hybridized carbons (Fsp3) is 1.00. The Bertz CT molecular complexity index is 81.6. The molecule has 2 atom stereocenters. The van der Waals surface area contributed by atoms with Gasteiger partial charge in [-0.15, -0.1) is 0 Å². The van der Waals surface area contributed by atoms with E-state index in [1.807, 2.05) is 6.92 Å². The van der Waals surface area contributed by atoms with Crippen LogP contribution in [-0.4, -0.2) is 22.9 Å². The van der Waals surface area contributed by atoms with Crippen molar-refractivity contribution in [3.63, 3.8) is 0 Å². The van der Waals surface area contributed by atoms with Crippen LogP contribution in [0.15, 0.2) is 0 Å². The molecule has 0 aromatic heterocycles. The monoisotopic (exact) mass is 160 g/mol. The Hall–Kier alpha value is -0.0800. The summed E-state index contributed by atoms with van der Waals surface area (Å²) < 4.78 is 0. The van der Waals surface area contributed by atoms with Crippen molar-refractivity contribution in [1.29, 1.82) is 0 Å². The van der Waals surface area contributed by atoms with E-state index in [1.54, 1.807) is 0 Å². The van der Waals surface area contributed by atoms with Gasteiger partial charge in [0.2, 0.25) is 0 Å². The normalized spacial score (nSPS) is 16.4. The van der Waals surface area contributed by atoms with Crippen LogP contribution in [0.2, 0.25) is 0 Å². The van der Waals surface area contributed by atoms with Crippen LogP contribution in [-0.2, 0) is 0 Å². The van der Waals surface area contributed by atoms with Gasteiger partial charge in [0, 0.05) is 6.61 Å². The van der Waals surface area contributed by atoms with Gasteiger partial charge in [0.1, 0.15) is 0 Å². The minimum atomic E-state index is -0.170. The molecule has 0 rings (SSSR count). The van der Waals surface area contributed by atoms with Crippen LogP contribution in [0.25, 0.3) is 0 Å². The second kappa shape index (κ2) is 6.62. The molecule has 2 heteroatoms. The molecule has 0 bridgehead atoms. The summed E-state index contributed by atoms with van der Waals surface area (Å²) in [6.45, 7) is 4.24. The largest absolute Gasteiger partial charge is 0.396 e. The third-order valence-corrected chi connectivity index (χ3v) is 1.94. The molecular weight excluding hydrogens is 140 g/mol. The zero-order valence-corrected chi connectivity index (χ0v) is 7.58. The smallest absolute Gasteiger partial charge is 0.0512 e. The van der Waals surface area contributed by atoms with Gasteiger partial charge in [0.25, 0.3) is 0 Å². The van der Waals surface area contributed by atoms with E-state index < -0.39 is 0 Å². The summed E-state index contributed by atoms with van der Waals surface area (Å²) in [4.78, 5) is 0. The summed E-state index contributed by atoms with van der Waals surface area (Å²) in [7, 11) is 0. The van der Waals surface area contributed by atoms with Crippen molar-refractivity contribution in [3.8, 4) is 0 Å². The molecule has 0 saturated carbocycles. The number of aliphatic hydroxyl groups excluding tert-OH is 2. The molecule has 0 heterocycles. The van der Waals surface area contributed by atoms with Crippen molar-refractivity contribution >= 4 is 0 Å². The average Bonchev–Trinajstić information content (AvgIpc) is 1.87. The quantitative estimate of drug-likeness (QED) is 0.619. The maximum atomic E-state index is 8.95. The zero-order chi connectivity index (χ0) is 8.69. The first-order valence-electron chi connectivity index (χ1n) is 4.45. The van der Waals surface area contributed by atoms with E-state index in [4.69, 9.17) is 10.2 Å². The summed E-state index contributed by atoms with van der Waals surface area (Å²) >= 11 is 0. The van der Waals surface area contributed by atoms with Gasteiger partial charge in [-0.25, -0.2) is 0 Å². The van der Waals surface area contributed by atoms with Crippen LogP contribution < -0.4 is 0 Å². The minimum absolute atomic E-state index is 0.170. The van der Waals surface area contributed by atoms with Crippen molar-refractivity contribution in [2.75, 3.05) is 6.61 Å². The first kappa shape index (κ1) is 10.9. The molecule has 0 spiro atoms. The Kier molecular flexibility index (Phi) is 6.57. The summed E-state index contributed by atoms with van der Waals surface area (Å²) in [5.41, 5.74) is 0. The number of aliphatic hydroxyl groups is 2. The van der Waals surface area contributed by atoms with E-state index in [-0.39, 0.29) is 12.7 Å². The second-order valence-electron chi connectivity index (χ2n) is 3.40.